The molecule has 2 atom stereocenters. The number of nitrogens with zero attached hydrogens (tertiary/aromatic N) is 4. The smallest absolute Gasteiger partial charge is 0.325 e. The molecule has 7 rings (SSSR count). The number of morpholine rings is 1. The topological polar surface area (TPSA) is 132 Å². The molecular formula is C23H30N6O5S. The Morgan fingerprint density at radius 2 is 1.94 bits per heavy atom. The van der Waals surface area contributed by atoms with E-state index in [9.17, 15) is 9.59 Å². The van der Waals surface area contributed by atoms with E-state index in [0.717, 1.165) is 54.9 Å². The summed E-state index contributed by atoms with van der Waals surface area (Å²) in [5.74, 6) is 0.703. The maximum atomic E-state index is 12.6. The van der Waals surface area contributed by atoms with Crippen LogP contribution in [0.15, 0.2) is 4.52 Å². The number of carbonyl (C=O) groups excluding carboxylic acids is 2. The Balaban J connectivity index is 1.24. The van der Waals surface area contributed by atoms with E-state index in [0.29, 0.717) is 37.4 Å². The lowest BCUT2D eigenvalue weighted by atomic mass is 9.53. The highest BCUT2D eigenvalue weighted by Crippen LogP contribution is 2.58. The fraction of sp³-hybridized carbons (Fsp3) is 0.696. The molecule has 0 unspecified atom stereocenters. The van der Waals surface area contributed by atoms with Crippen LogP contribution < -0.4 is 15.5 Å². The number of esters is 1. The number of anilines is 2. The van der Waals surface area contributed by atoms with E-state index < -0.39 is 0 Å². The normalized spacial score (nSPS) is 31.1. The van der Waals surface area contributed by atoms with Gasteiger partial charge in [0, 0.05) is 18.9 Å². The molecule has 4 fully saturated rings. The highest BCUT2D eigenvalue weighted by atomic mass is 32.1. The van der Waals surface area contributed by atoms with Crippen LogP contribution in [-0.4, -0.2) is 60.0 Å². The summed E-state index contributed by atoms with van der Waals surface area (Å²) in [6.45, 7) is 3.33. The molecule has 12 heteroatoms. The zero-order valence-electron chi connectivity index (χ0n) is 20.0. The summed E-state index contributed by atoms with van der Waals surface area (Å²) >= 11 is 1.46. The van der Waals surface area contributed by atoms with Crippen molar-refractivity contribution in [2.24, 2.45) is 5.41 Å². The van der Waals surface area contributed by atoms with E-state index in [-0.39, 0.29) is 34.9 Å². The minimum absolute atomic E-state index is 0.0381. The third-order valence-corrected chi connectivity index (χ3v) is 9.40. The standard InChI is InChI=1S/C23H30N6O5S/c1-3-33-18(30)23-7-4-22(5-8-23,6-9-23)17-26-21(34-28-17)29-13-10-14-16(15(29)12-32-11-13)35-20(25-14)27-19(31)24-2/h13,15H,3-12H2,1-2H3,(H2,24,25,27,31)/t13-,15-,22?,23?/m0/s1. The number of urea groups is 1. The maximum Gasteiger partial charge on any atom is 0.325 e. The minimum atomic E-state index is -0.339. The van der Waals surface area contributed by atoms with Gasteiger partial charge in [0.1, 0.15) is 0 Å². The number of hydrogen-bond acceptors (Lipinski definition) is 10. The molecular weight excluding hydrogens is 472 g/mol. The van der Waals surface area contributed by atoms with Gasteiger partial charge in [-0.25, -0.2) is 9.78 Å². The third kappa shape index (κ3) is 3.60. The fourth-order valence-corrected chi connectivity index (χ4v) is 7.31. The third-order valence-electron chi connectivity index (χ3n) is 8.29. The van der Waals surface area contributed by atoms with Crippen molar-refractivity contribution in [3.05, 3.63) is 16.4 Å². The lowest BCUT2D eigenvalue weighted by molar-refractivity contribution is -0.163. The molecule has 35 heavy (non-hydrogen) atoms. The van der Waals surface area contributed by atoms with Gasteiger partial charge in [-0.2, -0.15) is 4.98 Å². The van der Waals surface area contributed by atoms with Gasteiger partial charge < -0.3 is 24.2 Å². The monoisotopic (exact) mass is 502 g/mol. The van der Waals surface area contributed by atoms with Crippen LogP contribution in [0.3, 0.4) is 0 Å². The zero-order valence-corrected chi connectivity index (χ0v) is 20.8. The van der Waals surface area contributed by atoms with Crippen LogP contribution in [0.5, 0.6) is 0 Å². The van der Waals surface area contributed by atoms with Crippen LogP contribution in [0.2, 0.25) is 0 Å². The van der Waals surface area contributed by atoms with Crippen molar-refractivity contribution < 1.29 is 23.6 Å². The molecule has 0 spiro atoms. The van der Waals surface area contributed by atoms with Crippen LogP contribution in [0.25, 0.3) is 0 Å². The van der Waals surface area contributed by atoms with Gasteiger partial charge >= 0.3 is 18.0 Å². The summed E-state index contributed by atoms with van der Waals surface area (Å²) in [5.41, 5.74) is 0.510. The number of hydrogen-bond donors (Lipinski definition) is 2. The Kier molecular flexibility index (Phi) is 5.48. The maximum absolute atomic E-state index is 12.6. The average Bonchev–Trinajstić information content (AvgIpc) is 3.53. The second kappa shape index (κ2) is 8.44. The largest absolute Gasteiger partial charge is 0.466 e. The molecule has 4 heterocycles. The molecule has 2 amide bonds. The predicted molar refractivity (Wildman–Crippen MR) is 126 cm³/mol. The fourth-order valence-electron chi connectivity index (χ4n) is 6.23. The van der Waals surface area contributed by atoms with Gasteiger partial charge in [-0.15, -0.1) is 0 Å². The molecule has 11 nitrogen and oxygen atoms in total. The van der Waals surface area contributed by atoms with Crippen molar-refractivity contribution in [2.45, 2.75) is 69.4 Å². The molecule has 3 aliphatic carbocycles. The van der Waals surface area contributed by atoms with E-state index in [1.54, 1.807) is 7.05 Å². The average molecular weight is 503 g/mol. The molecule has 5 aliphatic rings. The quantitative estimate of drug-likeness (QED) is 0.592. The van der Waals surface area contributed by atoms with Crippen LogP contribution in [0.1, 0.15) is 67.9 Å². The first kappa shape index (κ1) is 22.7. The Morgan fingerprint density at radius 3 is 2.66 bits per heavy atom. The number of aromatic nitrogens is 3. The molecule has 188 valence electrons. The van der Waals surface area contributed by atoms with Crippen LogP contribution in [0.4, 0.5) is 15.9 Å². The van der Waals surface area contributed by atoms with Crippen molar-refractivity contribution in [3.8, 4) is 0 Å². The summed E-state index contributed by atoms with van der Waals surface area (Å²) in [6.07, 6.45) is 5.72. The summed E-state index contributed by atoms with van der Waals surface area (Å²) in [5, 5.41) is 10.4. The molecule has 2 aromatic heterocycles. The van der Waals surface area contributed by atoms with Crippen molar-refractivity contribution in [1.82, 2.24) is 20.4 Å². The van der Waals surface area contributed by atoms with E-state index in [1.165, 1.54) is 11.3 Å². The van der Waals surface area contributed by atoms with Gasteiger partial charge in [-0.3, -0.25) is 10.1 Å². The van der Waals surface area contributed by atoms with E-state index in [1.807, 2.05) is 6.92 Å². The molecule has 3 saturated carbocycles. The van der Waals surface area contributed by atoms with Gasteiger partial charge in [0.05, 0.1) is 47.9 Å². The molecule has 1 saturated heterocycles. The number of rotatable bonds is 5. The first-order chi connectivity index (χ1) is 17.0. The van der Waals surface area contributed by atoms with Crippen LogP contribution in [0, 0.1) is 5.41 Å². The molecule has 2 N–H and O–H groups in total. The second-order valence-electron chi connectivity index (χ2n) is 10.0. The predicted octanol–water partition coefficient (Wildman–Crippen LogP) is 2.94. The molecule has 2 aromatic rings. The van der Waals surface area contributed by atoms with Gasteiger partial charge in [0.25, 0.3) is 0 Å². The van der Waals surface area contributed by atoms with E-state index in [4.69, 9.17) is 19.0 Å². The first-order valence-corrected chi connectivity index (χ1v) is 13.1. The number of thiazole rings is 1. The van der Waals surface area contributed by atoms with E-state index >= 15 is 0 Å². The minimum Gasteiger partial charge on any atom is -0.466 e. The second-order valence-corrected chi connectivity index (χ2v) is 11.1. The van der Waals surface area contributed by atoms with Gasteiger partial charge in [0.15, 0.2) is 11.0 Å². The highest BCUT2D eigenvalue weighted by molar-refractivity contribution is 7.16. The zero-order chi connectivity index (χ0) is 24.2. The van der Waals surface area contributed by atoms with Crippen molar-refractivity contribution in [1.29, 1.82) is 0 Å². The first-order valence-electron chi connectivity index (χ1n) is 12.3. The Bertz CT molecular complexity index is 1120. The Morgan fingerprint density at radius 1 is 1.17 bits per heavy atom. The number of nitrogens with one attached hydrogen (secondary N) is 2. The lowest BCUT2D eigenvalue weighted by Crippen LogP contribution is -2.52. The summed E-state index contributed by atoms with van der Waals surface area (Å²) in [7, 11) is 1.58. The van der Waals surface area contributed by atoms with Crippen LogP contribution in [-0.2, 0) is 26.1 Å². The van der Waals surface area contributed by atoms with Gasteiger partial charge in [-0.05, 0) is 45.4 Å². The van der Waals surface area contributed by atoms with Crippen molar-refractivity contribution >= 4 is 34.5 Å². The highest BCUT2D eigenvalue weighted by Gasteiger charge is 2.56. The van der Waals surface area contributed by atoms with Crippen molar-refractivity contribution in [3.63, 3.8) is 0 Å². The van der Waals surface area contributed by atoms with Crippen LogP contribution >= 0.6 is 11.3 Å². The summed E-state index contributed by atoms with van der Waals surface area (Å²) < 4.78 is 17.1. The molecule has 0 radical (unpaired) electrons. The number of amides is 2. The summed E-state index contributed by atoms with van der Waals surface area (Å²) in [6, 6.07) is 0.173. The molecule has 0 aromatic carbocycles. The molecule has 2 aliphatic heterocycles. The SMILES string of the molecule is CCOC(=O)C12CCC(c3noc(N4[C@@H]5COC[C@H]4c4sc(NC(=O)NC)nc4C5)n3)(CC1)CC2. The van der Waals surface area contributed by atoms with Crippen molar-refractivity contribution in [2.75, 3.05) is 37.1 Å². The van der Waals surface area contributed by atoms with E-state index in [2.05, 4.69) is 25.7 Å². The van der Waals surface area contributed by atoms with Gasteiger partial charge in [0.2, 0.25) is 0 Å². The number of fused-ring (bicyclic) bond motifs is 7. The lowest BCUT2D eigenvalue weighted by Gasteiger charge is -2.50. The van der Waals surface area contributed by atoms with Gasteiger partial charge in [-0.1, -0.05) is 16.5 Å². The molecule has 4 bridgehead atoms. The summed E-state index contributed by atoms with van der Waals surface area (Å²) in [4.78, 5) is 37.2. The number of carbonyl (C=O) groups is 2. The number of ether oxygens (including phenoxy) is 2. The Labute approximate surface area is 206 Å². The Hall–Kier alpha value is -2.73.